The first-order valence-corrected chi connectivity index (χ1v) is 5.12. The topological polar surface area (TPSA) is 52.1 Å². The molecule has 4 nitrogen and oxygen atoms in total. The van der Waals surface area contributed by atoms with Gasteiger partial charge in [0.2, 0.25) is 0 Å². The summed E-state index contributed by atoms with van der Waals surface area (Å²) >= 11 is 0. The Balaban J connectivity index is 2.28. The van der Waals surface area contributed by atoms with Crippen molar-refractivity contribution in [2.75, 3.05) is 0 Å². The van der Waals surface area contributed by atoms with Gasteiger partial charge < -0.3 is 4.74 Å². The van der Waals surface area contributed by atoms with Gasteiger partial charge in [-0.1, -0.05) is 0 Å². The van der Waals surface area contributed by atoms with Crippen molar-refractivity contribution in [3.8, 4) is 11.3 Å². The Morgan fingerprint density at radius 2 is 2.00 bits per heavy atom. The molecular formula is C12H7F3N2O2. The molecule has 19 heavy (non-hydrogen) atoms. The van der Waals surface area contributed by atoms with Crippen LogP contribution < -0.4 is 0 Å². The van der Waals surface area contributed by atoms with Crippen molar-refractivity contribution < 1.29 is 22.7 Å². The van der Waals surface area contributed by atoms with E-state index >= 15 is 0 Å². The number of halogens is 3. The Kier molecular flexibility index (Phi) is 3.46. The second kappa shape index (κ2) is 5.05. The first kappa shape index (κ1) is 13.0. The van der Waals surface area contributed by atoms with Gasteiger partial charge in [-0.3, -0.25) is 9.97 Å². The van der Waals surface area contributed by atoms with Crippen LogP contribution in [0.5, 0.6) is 0 Å². The highest BCUT2D eigenvalue weighted by atomic mass is 19.4. The Labute approximate surface area is 105 Å². The van der Waals surface area contributed by atoms with E-state index in [1.807, 2.05) is 0 Å². The predicted molar refractivity (Wildman–Crippen MR) is 58.9 cm³/mol. The molecule has 2 aromatic rings. The fraction of sp³-hybridized carbons (Fsp3) is 0.0833. The van der Waals surface area contributed by atoms with Crippen molar-refractivity contribution >= 4 is 5.97 Å². The highest BCUT2D eigenvalue weighted by Crippen LogP contribution is 2.21. The molecule has 0 aliphatic carbocycles. The lowest BCUT2D eigenvalue weighted by Gasteiger charge is -2.07. The molecule has 0 radical (unpaired) electrons. The van der Waals surface area contributed by atoms with Crippen LogP contribution in [0.2, 0.25) is 0 Å². The smallest absolute Gasteiger partial charge is 0.369 e. The van der Waals surface area contributed by atoms with E-state index in [-0.39, 0.29) is 5.56 Å². The number of ether oxygens (including phenoxy) is 1. The molecule has 0 unspecified atom stereocenters. The van der Waals surface area contributed by atoms with E-state index in [9.17, 15) is 18.0 Å². The third kappa shape index (κ3) is 3.51. The fourth-order valence-electron chi connectivity index (χ4n) is 1.39. The van der Waals surface area contributed by atoms with Gasteiger partial charge in [0.1, 0.15) is 0 Å². The van der Waals surface area contributed by atoms with E-state index in [0.29, 0.717) is 11.3 Å². The van der Waals surface area contributed by atoms with E-state index in [1.54, 1.807) is 18.3 Å². The molecule has 0 aliphatic heterocycles. The lowest BCUT2D eigenvalue weighted by Crippen LogP contribution is -2.19. The van der Waals surface area contributed by atoms with Crippen molar-refractivity contribution in [2.24, 2.45) is 0 Å². The van der Waals surface area contributed by atoms with Gasteiger partial charge in [-0.25, -0.2) is 4.79 Å². The molecule has 0 spiro atoms. The van der Waals surface area contributed by atoms with Crippen LogP contribution in [0.1, 0.15) is 10.4 Å². The minimum atomic E-state index is -5.01. The first-order valence-electron chi connectivity index (χ1n) is 5.12. The quantitative estimate of drug-likeness (QED) is 0.786. The summed E-state index contributed by atoms with van der Waals surface area (Å²) in [5, 5.41) is 0. The minimum Gasteiger partial charge on any atom is -0.369 e. The minimum absolute atomic E-state index is 0.230. The number of aromatic nitrogens is 2. The summed E-state index contributed by atoms with van der Waals surface area (Å²) < 4.78 is 39.2. The zero-order chi connectivity index (χ0) is 13.9. The van der Waals surface area contributed by atoms with Crippen molar-refractivity contribution in [1.29, 1.82) is 0 Å². The van der Waals surface area contributed by atoms with Crippen LogP contribution in [0.15, 0.2) is 42.9 Å². The van der Waals surface area contributed by atoms with Crippen LogP contribution in [-0.4, -0.2) is 22.3 Å². The molecule has 7 heteroatoms. The van der Waals surface area contributed by atoms with Crippen LogP contribution in [0, 0.1) is 0 Å². The molecule has 0 atom stereocenters. The summed E-state index contributed by atoms with van der Waals surface area (Å²) in [7, 11) is 0. The third-order valence-corrected chi connectivity index (χ3v) is 2.16. The van der Waals surface area contributed by atoms with Gasteiger partial charge in [-0.05, 0) is 24.3 Å². The molecule has 2 aromatic heterocycles. The molecule has 2 rings (SSSR count). The van der Waals surface area contributed by atoms with Gasteiger partial charge in [-0.2, -0.15) is 0 Å². The van der Waals surface area contributed by atoms with Crippen molar-refractivity contribution in [2.45, 2.75) is 6.36 Å². The maximum Gasteiger partial charge on any atom is 0.575 e. The van der Waals surface area contributed by atoms with Crippen LogP contribution >= 0.6 is 0 Å². The number of carbonyl (C=O) groups excluding carboxylic acids is 1. The average Bonchev–Trinajstić information content (AvgIpc) is 2.38. The molecule has 0 aliphatic rings. The summed E-state index contributed by atoms with van der Waals surface area (Å²) in [5.74, 6) is -1.47. The second-order valence-corrected chi connectivity index (χ2v) is 3.51. The Morgan fingerprint density at radius 1 is 1.21 bits per heavy atom. The van der Waals surface area contributed by atoms with E-state index in [2.05, 4.69) is 14.7 Å². The SMILES string of the molecule is O=C(OC(F)(F)F)c1ccnc(-c2cccnc2)c1. The highest BCUT2D eigenvalue weighted by Gasteiger charge is 2.34. The number of nitrogens with zero attached hydrogens (tertiary/aromatic N) is 2. The lowest BCUT2D eigenvalue weighted by atomic mass is 10.1. The predicted octanol–water partition coefficient (Wildman–Crippen LogP) is 2.82. The molecule has 0 N–H and O–H groups in total. The second-order valence-electron chi connectivity index (χ2n) is 3.51. The molecule has 0 saturated heterocycles. The normalized spacial score (nSPS) is 11.1. The molecule has 0 amide bonds. The number of hydrogen-bond acceptors (Lipinski definition) is 4. The maximum atomic E-state index is 11.9. The Bertz CT molecular complexity index is 585. The molecule has 0 fully saturated rings. The maximum absolute atomic E-state index is 11.9. The van der Waals surface area contributed by atoms with Crippen molar-refractivity contribution in [1.82, 2.24) is 9.97 Å². The third-order valence-electron chi connectivity index (χ3n) is 2.16. The largest absolute Gasteiger partial charge is 0.575 e. The highest BCUT2D eigenvalue weighted by molar-refractivity contribution is 5.90. The molecule has 98 valence electrons. The Hall–Kier alpha value is -2.44. The lowest BCUT2D eigenvalue weighted by molar-refractivity contribution is -0.291. The molecule has 0 bridgehead atoms. The van der Waals surface area contributed by atoms with Gasteiger partial charge in [0, 0.05) is 24.2 Å². The van der Waals surface area contributed by atoms with Crippen molar-refractivity contribution in [3.63, 3.8) is 0 Å². The van der Waals surface area contributed by atoms with Gasteiger partial charge in [-0.15, -0.1) is 13.2 Å². The Morgan fingerprint density at radius 3 is 2.63 bits per heavy atom. The van der Waals surface area contributed by atoms with E-state index in [0.717, 1.165) is 6.07 Å². The van der Waals surface area contributed by atoms with Gasteiger partial charge in [0.15, 0.2) is 0 Å². The van der Waals surface area contributed by atoms with Crippen LogP contribution in [-0.2, 0) is 4.74 Å². The first-order chi connectivity index (χ1) is 8.96. The number of esters is 1. The fourth-order valence-corrected chi connectivity index (χ4v) is 1.39. The molecule has 0 aromatic carbocycles. The summed E-state index contributed by atoms with van der Waals surface area (Å²) in [6, 6.07) is 5.69. The molecular weight excluding hydrogens is 261 g/mol. The summed E-state index contributed by atoms with van der Waals surface area (Å²) in [5.41, 5.74) is 0.695. The van der Waals surface area contributed by atoms with Gasteiger partial charge >= 0.3 is 12.3 Å². The van der Waals surface area contributed by atoms with Crippen LogP contribution in [0.25, 0.3) is 11.3 Å². The van der Waals surface area contributed by atoms with Gasteiger partial charge in [0.05, 0.1) is 11.3 Å². The zero-order valence-electron chi connectivity index (χ0n) is 9.39. The number of hydrogen-bond donors (Lipinski definition) is 0. The van der Waals surface area contributed by atoms with E-state index in [1.165, 1.54) is 18.5 Å². The average molecular weight is 268 g/mol. The monoisotopic (exact) mass is 268 g/mol. The van der Waals surface area contributed by atoms with E-state index in [4.69, 9.17) is 0 Å². The standard InChI is InChI=1S/C12H7F3N2O2/c13-12(14,15)19-11(18)8-3-5-17-10(6-8)9-2-1-4-16-7-9/h1-7H. The summed E-state index contributed by atoms with van der Waals surface area (Å²) in [6.07, 6.45) is -0.739. The summed E-state index contributed by atoms with van der Waals surface area (Å²) in [4.78, 5) is 19.1. The summed E-state index contributed by atoms with van der Waals surface area (Å²) in [6.45, 7) is 0. The van der Waals surface area contributed by atoms with Crippen LogP contribution in [0.3, 0.4) is 0 Å². The number of pyridine rings is 2. The number of rotatable bonds is 2. The van der Waals surface area contributed by atoms with Crippen molar-refractivity contribution in [3.05, 3.63) is 48.4 Å². The number of alkyl halides is 3. The van der Waals surface area contributed by atoms with E-state index < -0.39 is 12.3 Å². The zero-order valence-corrected chi connectivity index (χ0v) is 9.39. The molecule has 0 saturated carbocycles. The number of carbonyl (C=O) groups is 1. The van der Waals surface area contributed by atoms with Gasteiger partial charge in [0.25, 0.3) is 0 Å². The van der Waals surface area contributed by atoms with Crippen LogP contribution in [0.4, 0.5) is 13.2 Å². The molecule has 2 heterocycles.